The molecule has 4 rings (SSSR count). The van der Waals surface area contributed by atoms with Crippen molar-refractivity contribution in [3.8, 4) is 17.2 Å². The Morgan fingerprint density at radius 3 is 2.28 bits per heavy atom. The van der Waals surface area contributed by atoms with Gasteiger partial charge in [0.2, 0.25) is 5.95 Å². The molecule has 0 spiro atoms. The number of carbonyl (C=O) groups is 2. The van der Waals surface area contributed by atoms with E-state index in [1.807, 2.05) is 6.92 Å². The lowest BCUT2D eigenvalue weighted by molar-refractivity contribution is -0.0498. The SMILES string of the molecule is CCNC(=O)N1CCC(c2cn(-c3c(F)cc(OC)cc3F)c(NC(=O)c3ccc(OC(F)F)cc3)n2)CC1. The number of halogens is 4. The molecule has 2 aromatic carbocycles. The molecule has 1 aromatic heterocycles. The van der Waals surface area contributed by atoms with Crippen molar-refractivity contribution in [2.45, 2.75) is 32.3 Å². The lowest BCUT2D eigenvalue weighted by atomic mass is 9.94. The van der Waals surface area contributed by atoms with Gasteiger partial charge in [-0.25, -0.2) is 18.6 Å². The number of methoxy groups -OCH3 is 1. The molecular weight excluding hydrogens is 522 g/mol. The number of ether oxygens (including phenoxy) is 2. The normalized spacial score (nSPS) is 13.9. The topological polar surface area (TPSA) is 97.7 Å². The fourth-order valence-electron chi connectivity index (χ4n) is 4.35. The Bertz CT molecular complexity index is 1300. The largest absolute Gasteiger partial charge is 0.497 e. The van der Waals surface area contributed by atoms with Gasteiger partial charge in [-0.1, -0.05) is 0 Å². The summed E-state index contributed by atoms with van der Waals surface area (Å²) in [4.78, 5) is 31.3. The summed E-state index contributed by atoms with van der Waals surface area (Å²) in [5.74, 6) is -3.00. The highest BCUT2D eigenvalue weighted by molar-refractivity contribution is 6.03. The van der Waals surface area contributed by atoms with Crippen LogP contribution in [0.2, 0.25) is 0 Å². The van der Waals surface area contributed by atoms with Gasteiger partial charge in [-0.15, -0.1) is 0 Å². The van der Waals surface area contributed by atoms with Gasteiger partial charge in [0, 0.05) is 49.4 Å². The van der Waals surface area contributed by atoms with E-state index in [0.717, 1.165) is 16.7 Å². The summed E-state index contributed by atoms with van der Waals surface area (Å²) < 4.78 is 65.3. The number of imidazole rings is 1. The number of piperidine rings is 1. The first-order valence-electron chi connectivity index (χ1n) is 12.2. The lowest BCUT2D eigenvalue weighted by Crippen LogP contribution is -2.44. The molecule has 9 nitrogen and oxygen atoms in total. The highest BCUT2D eigenvalue weighted by Crippen LogP contribution is 2.32. The molecule has 208 valence electrons. The zero-order valence-electron chi connectivity index (χ0n) is 21.2. The first kappa shape index (κ1) is 27.7. The van der Waals surface area contributed by atoms with Gasteiger partial charge in [0.15, 0.2) is 11.6 Å². The number of rotatable bonds is 8. The first-order chi connectivity index (χ1) is 18.7. The number of nitrogens with zero attached hydrogens (tertiary/aromatic N) is 3. The second kappa shape index (κ2) is 12.0. The van der Waals surface area contributed by atoms with E-state index in [4.69, 9.17) is 4.74 Å². The molecule has 1 aliphatic rings. The fraction of sp³-hybridized carbons (Fsp3) is 0.346. The number of likely N-dealkylation sites (tertiary alicyclic amines) is 1. The van der Waals surface area contributed by atoms with Crippen LogP contribution in [0, 0.1) is 11.6 Å². The van der Waals surface area contributed by atoms with Crippen LogP contribution in [0.25, 0.3) is 5.69 Å². The number of anilines is 1. The van der Waals surface area contributed by atoms with Gasteiger partial charge in [0.1, 0.15) is 17.2 Å². The van der Waals surface area contributed by atoms with Crippen LogP contribution < -0.4 is 20.1 Å². The van der Waals surface area contributed by atoms with Crippen molar-refractivity contribution in [3.05, 3.63) is 65.5 Å². The van der Waals surface area contributed by atoms with E-state index in [1.54, 1.807) is 4.90 Å². The average Bonchev–Trinajstić information content (AvgIpc) is 3.31. The first-order valence-corrected chi connectivity index (χ1v) is 12.2. The predicted octanol–water partition coefficient (Wildman–Crippen LogP) is 4.92. The second-order valence-corrected chi connectivity index (χ2v) is 8.75. The second-order valence-electron chi connectivity index (χ2n) is 8.75. The molecule has 0 aliphatic carbocycles. The minimum atomic E-state index is -3.02. The van der Waals surface area contributed by atoms with Crippen LogP contribution in [0.1, 0.15) is 41.7 Å². The van der Waals surface area contributed by atoms with Crippen molar-refractivity contribution in [3.63, 3.8) is 0 Å². The maximum atomic E-state index is 15.0. The summed E-state index contributed by atoms with van der Waals surface area (Å²) in [6, 6.07) is 6.79. The maximum absolute atomic E-state index is 15.0. The Hall–Kier alpha value is -4.29. The van der Waals surface area contributed by atoms with E-state index < -0.39 is 29.8 Å². The zero-order chi connectivity index (χ0) is 28.1. The molecule has 1 aliphatic heterocycles. The molecule has 1 saturated heterocycles. The molecule has 0 saturated carbocycles. The van der Waals surface area contributed by atoms with Crippen LogP contribution in [0.3, 0.4) is 0 Å². The number of carbonyl (C=O) groups excluding carboxylic acids is 2. The average molecular weight is 550 g/mol. The number of alkyl halides is 2. The highest BCUT2D eigenvalue weighted by Gasteiger charge is 2.28. The number of amides is 3. The molecule has 2 N–H and O–H groups in total. The molecule has 3 aromatic rings. The van der Waals surface area contributed by atoms with E-state index in [9.17, 15) is 18.4 Å². The van der Waals surface area contributed by atoms with Crippen molar-refractivity contribution < 1.29 is 36.6 Å². The highest BCUT2D eigenvalue weighted by atomic mass is 19.3. The molecule has 0 unspecified atom stereocenters. The number of urea groups is 1. The van der Waals surface area contributed by atoms with Crippen molar-refractivity contribution in [2.24, 2.45) is 0 Å². The van der Waals surface area contributed by atoms with Crippen molar-refractivity contribution >= 4 is 17.9 Å². The van der Waals surface area contributed by atoms with Crippen LogP contribution in [-0.2, 0) is 0 Å². The quantitative estimate of drug-likeness (QED) is 0.389. The van der Waals surface area contributed by atoms with Gasteiger partial charge in [-0.2, -0.15) is 8.78 Å². The summed E-state index contributed by atoms with van der Waals surface area (Å²) in [6.45, 7) is 0.244. The minimum absolute atomic E-state index is 0.0245. The fourth-order valence-corrected chi connectivity index (χ4v) is 4.35. The summed E-state index contributed by atoms with van der Waals surface area (Å²) in [6.07, 6.45) is 2.57. The molecule has 1 fully saturated rings. The van der Waals surface area contributed by atoms with Crippen LogP contribution in [-0.4, -0.2) is 59.7 Å². The number of hydrogen-bond donors (Lipinski definition) is 2. The Morgan fingerprint density at radius 2 is 1.72 bits per heavy atom. The van der Waals surface area contributed by atoms with Gasteiger partial charge in [0.25, 0.3) is 5.91 Å². The third-order valence-electron chi connectivity index (χ3n) is 6.29. The molecule has 0 atom stereocenters. The molecular formula is C26H27F4N5O4. The van der Waals surface area contributed by atoms with Crippen LogP contribution in [0.15, 0.2) is 42.6 Å². The lowest BCUT2D eigenvalue weighted by Gasteiger charge is -2.31. The minimum Gasteiger partial charge on any atom is -0.497 e. The smallest absolute Gasteiger partial charge is 0.387 e. The van der Waals surface area contributed by atoms with Gasteiger partial charge in [0.05, 0.1) is 12.8 Å². The molecule has 13 heteroatoms. The third-order valence-corrected chi connectivity index (χ3v) is 6.29. The van der Waals surface area contributed by atoms with E-state index in [2.05, 4.69) is 20.4 Å². The van der Waals surface area contributed by atoms with Gasteiger partial charge < -0.3 is 19.7 Å². The number of hydrogen-bond acceptors (Lipinski definition) is 5. The molecule has 0 bridgehead atoms. The van der Waals surface area contributed by atoms with Crippen LogP contribution >= 0.6 is 0 Å². The Balaban J connectivity index is 1.63. The maximum Gasteiger partial charge on any atom is 0.387 e. The van der Waals surface area contributed by atoms with E-state index in [-0.39, 0.29) is 35.0 Å². The summed E-state index contributed by atoms with van der Waals surface area (Å²) in [5, 5.41) is 5.31. The Kier molecular flexibility index (Phi) is 8.57. The van der Waals surface area contributed by atoms with Gasteiger partial charge in [-0.3, -0.25) is 14.7 Å². The van der Waals surface area contributed by atoms with E-state index >= 15 is 8.78 Å². The standard InChI is InChI=1S/C26H27F4N5O4/c1-3-31-26(37)34-10-8-15(9-11-34)21-14-35(22-19(27)12-18(38-2)13-20(22)28)25(32-21)33-23(36)16-4-6-17(7-5-16)39-24(29)30/h4-7,12-15,24H,3,8-11H2,1-2H3,(H,31,37)(H,32,33,36). The summed E-state index contributed by atoms with van der Waals surface area (Å²) in [5.41, 5.74) is 0.0973. The molecule has 0 radical (unpaired) electrons. The van der Waals surface area contributed by atoms with Crippen molar-refractivity contribution in [1.29, 1.82) is 0 Å². The van der Waals surface area contributed by atoms with Gasteiger partial charge >= 0.3 is 12.6 Å². The van der Waals surface area contributed by atoms with Crippen LogP contribution in [0.4, 0.5) is 28.3 Å². The van der Waals surface area contributed by atoms with Crippen LogP contribution in [0.5, 0.6) is 11.5 Å². The zero-order valence-corrected chi connectivity index (χ0v) is 21.2. The van der Waals surface area contributed by atoms with Crippen molar-refractivity contribution in [2.75, 3.05) is 32.1 Å². The number of aromatic nitrogens is 2. The molecule has 2 heterocycles. The van der Waals surface area contributed by atoms with E-state index in [1.165, 1.54) is 37.6 Å². The Morgan fingerprint density at radius 1 is 1.08 bits per heavy atom. The summed E-state index contributed by atoms with van der Waals surface area (Å²) >= 11 is 0. The third kappa shape index (κ3) is 6.41. The number of nitrogens with one attached hydrogen (secondary N) is 2. The predicted molar refractivity (Wildman–Crippen MR) is 134 cm³/mol. The van der Waals surface area contributed by atoms with E-state index in [0.29, 0.717) is 38.2 Å². The number of benzene rings is 2. The molecule has 39 heavy (non-hydrogen) atoms. The summed E-state index contributed by atoms with van der Waals surface area (Å²) in [7, 11) is 1.28. The molecule has 3 amide bonds. The van der Waals surface area contributed by atoms with Crippen molar-refractivity contribution in [1.82, 2.24) is 19.8 Å². The monoisotopic (exact) mass is 549 g/mol. The Labute approximate surface area is 221 Å². The van der Waals surface area contributed by atoms with Gasteiger partial charge in [-0.05, 0) is 44.0 Å².